The Kier molecular flexibility index (Phi) is 3.91. The second kappa shape index (κ2) is 5.30. The number of methoxy groups -OCH3 is 1. The van der Waals surface area contributed by atoms with Crippen molar-refractivity contribution in [2.45, 2.75) is 32.7 Å². The predicted molar refractivity (Wildman–Crippen MR) is 72.7 cm³/mol. The highest BCUT2D eigenvalue weighted by molar-refractivity contribution is 6.28. The van der Waals surface area contributed by atoms with Crippen molar-refractivity contribution in [2.75, 3.05) is 13.7 Å². The van der Waals surface area contributed by atoms with E-state index in [2.05, 4.69) is 36.1 Å². The zero-order valence-electron chi connectivity index (χ0n) is 11.6. The van der Waals surface area contributed by atoms with Gasteiger partial charge in [-0.15, -0.1) is 10.2 Å². The molecule has 19 heavy (non-hydrogen) atoms. The minimum atomic E-state index is -0.144. The Morgan fingerprint density at radius 1 is 1.32 bits per heavy atom. The zero-order valence-corrected chi connectivity index (χ0v) is 12.3. The van der Waals surface area contributed by atoms with Gasteiger partial charge >= 0.3 is 0 Å². The monoisotopic (exact) mass is 283 g/mol. The molecule has 2 rings (SSSR count). The van der Waals surface area contributed by atoms with Crippen molar-refractivity contribution in [3.63, 3.8) is 0 Å². The first kappa shape index (κ1) is 14.0. The van der Waals surface area contributed by atoms with E-state index in [1.807, 2.05) is 15.4 Å². The standard InChI is InChI=1S/C12H18ClN5O/c1-12(2,3)10-15-16-11(13)18(10)9-7-14-17(8-9)5-6-19-4/h7-8H,5-6H2,1-4H3. The van der Waals surface area contributed by atoms with Crippen molar-refractivity contribution in [3.8, 4) is 5.69 Å². The van der Waals surface area contributed by atoms with E-state index >= 15 is 0 Å². The van der Waals surface area contributed by atoms with E-state index < -0.39 is 0 Å². The van der Waals surface area contributed by atoms with Gasteiger partial charge in [0.25, 0.3) is 0 Å². The molecule has 2 heterocycles. The summed E-state index contributed by atoms with van der Waals surface area (Å²) >= 11 is 6.13. The molecule has 0 amide bonds. The highest BCUT2D eigenvalue weighted by Gasteiger charge is 2.24. The Labute approximate surface area is 117 Å². The van der Waals surface area contributed by atoms with Crippen LogP contribution in [-0.4, -0.2) is 38.3 Å². The van der Waals surface area contributed by atoms with E-state index in [9.17, 15) is 0 Å². The largest absolute Gasteiger partial charge is 0.383 e. The van der Waals surface area contributed by atoms with Gasteiger partial charge in [0.15, 0.2) is 0 Å². The number of hydrogen-bond acceptors (Lipinski definition) is 4. The van der Waals surface area contributed by atoms with Gasteiger partial charge in [0, 0.05) is 18.7 Å². The molecule has 0 unspecified atom stereocenters. The predicted octanol–water partition coefficient (Wildman–Crippen LogP) is 2.06. The lowest BCUT2D eigenvalue weighted by atomic mass is 9.95. The van der Waals surface area contributed by atoms with E-state index in [0.29, 0.717) is 18.4 Å². The van der Waals surface area contributed by atoms with E-state index in [4.69, 9.17) is 16.3 Å². The number of hydrogen-bond donors (Lipinski definition) is 0. The Morgan fingerprint density at radius 3 is 2.68 bits per heavy atom. The van der Waals surface area contributed by atoms with Crippen LogP contribution in [0, 0.1) is 0 Å². The molecule has 7 heteroatoms. The molecular formula is C12H18ClN5O. The van der Waals surface area contributed by atoms with Crippen molar-refractivity contribution < 1.29 is 4.74 Å². The average Bonchev–Trinajstić information content (AvgIpc) is 2.91. The first-order chi connectivity index (χ1) is 8.93. The fourth-order valence-electron chi connectivity index (χ4n) is 1.75. The summed E-state index contributed by atoms with van der Waals surface area (Å²) in [6.07, 6.45) is 3.66. The molecule has 0 saturated carbocycles. The number of aromatic nitrogens is 5. The highest BCUT2D eigenvalue weighted by atomic mass is 35.5. The minimum absolute atomic E-state index is 0.144. The van der Waals surface area contributed by atoms with Gasteiger partial charge in [-0.05, 0) is 11.6 Å². The summed E-state index contributed by atoms with van der Waals surface area (Å²) < 4.78 is 8.65. The maximum Gasteiger partial charge on any atom is 0.229 e. The third kappa shape index (κ3) is 2.96. The number of halogens is 1. The van der Waals surface area contributed by atoms with E-state index in [1.165, 1.54) is 0 Å². The topological polar surface area (TPSA) is 57.8 Å². The van der Waals surface area contributed by atoms with Crippen molar-refractivity contribution in [2.24, 2.45) is 0 Å². The molecule has 0 bridgehead atoms. The summed E-state index contributed by atoms with van der Waals surface area (Å²) in [4.78, 5) is 0. The normalized spacial score (nSPS) is 12.1. The molecule has 0 saturated heterocycles. The molecule has 6 nitrogen and oxygen atoms in total. The maximum atomic E-state index is 6.13. The first-order valence-electron chi connectivity index (χ1n) is 6.06. The average molecular weight is 284 g/mol. The van der Waals surface area contributed by atoms with Crippen LogP contribution in [0.2, 0.25) is 5.28 Å². The molecule has 0 aromatic carbocycles. The van der Waals surface area contributed by atoms with Crippen LogP contribution in [-0.2, 0) is 16.7 Å². The lowest BCUT2D eigenvalue weighted by Gasteiger charge is -2.17. The third-order valence-electron chi connectivity index (χ3n) is 2.70. The molecule has 2 aromatic rings. The minimum Gasteiger partial charge on any atom is -0.383 e. The molecule has 0 aliphatic heterocycles. The quantitative estimate of drug-likeness (QED) is 0.862. The van der Waals surface area contributed by atoms with Crippen LogP contribution in [0.5, 0.6) is 0 Å². The fraction of sp³-hybridized carbons (Fsp3) is 0.583. The lowest BCUT2D eigenvalue weighted by Crippen LogP contribution is -2.18. The number of ether oxygens (including phenoxy) is 1. The van der Waals surface area contributed by atoms with Gasteiger partial charge in [0.2, 0.25) is 5.28 Å². The van der Waals surface area contributed by atoms with Crippen LogP contribution in [0.25, 0.3) is 5.69 Å². The molecule has 2 aromatic heterocycles. The summed E-state index contributed by atoms with van der Waals surface area (Å²) in [5.74, 6) is 0.809. The van der Waals surface area contributed by atoms with Gasteiger partial charge in [-0.2, -0.15) is 5.10 Å². The van der Waals surface area contributed by atoms with Crippen LogP contribution >= 0.6 is 11.6 Å². The second-order valence-corrected chi connectivity index (χ2v) is 5.67. The van der Waals surface area contributed by atoms with Gasteiger partial charge in [-0.3, -0.25) is 9.25 Å². The summed E-state index contributed by atoms with van der Waals surface area (Å²) in [5.41, 5.74) is 0.713. The summed E-state index contributed by atoms with van der Waals surface area (Å²) in [6.45, 7) is 7.52. The molecule has 0 atom stereocenters. The highest BCUT2D eigenvalue weighted by Crippen LogP contribution is 2.26. The van der Waals surface area contributed by atoms with Crippen LogP contribution < -0.4 is 0 Å². The molecule has 0 aliphatic rings. The van der Waals surface area contributed by atoms with Gasteiger partial charge < -0.3 is 4.74 Å². The van der Waals surface area contributed by atoms with Gasteiger partial charge in [0.1, 0.15) is 5.82 Å². The molecule has 0 fully saturated rings. The summed E-state index contributed by atoms with van der Waals surface area (Å²) in [5, 5.41) is 12.7. The second-order valence-electron chi connectivity index (χ2n) is 5.33. The first-order valence-corrected chi connectivity index (χ1v) is 6.44. The molecule has 0 aliphatic carbocycles. The zero-order chi connectivity index (χ0) is 14.0. The fourth-order valence-corrected chi connectivity index (χ4v) is 1.97. The van der Waals surface area contributed by atoms with E-state index in [0.717, 1.165) is 11.5 Å². The van der Waals surface area contributed by atoms with E-state index in [-0.39, 0.29) is 5.41 Å². The van der Waals surface area contributed by atoms with Crippen molar-refractivity contribution >= 4 is 11.6 Å². The Balaban J connectivity index is 2.36. The maximum absolute atomic E-state index is 6.13. The number of rotatable bonds is 4. The van der Waals surface area contributed by atoms with Crippen molar-refractivity contribution in [1.29, 1.82) is 0 Å². The SMILES string of the molecule is COCCn1cc(-n2c(Cl)nnc2C(C)(C)C)cn1. The van der Waals surface area contributed by atoms with Crippen LogP contribution in [0.3, 0.4) is 0 Å². The Hall–Kier alpha value is -1.40. The Bertz CT molecular complexity index is 555. The number of nitrogens with zero attached hydrogens (tertiary/aromatic N) is 5. The molecule has 0 spiro atoms. The van der Waals surface area contributed by atoms with Crippen LogP contribution in [0.1, 0.15) is 26.6 Å². The molecular weight excluding hydrogens is 266 g/mol. The van der Waals surface area contributed by atoms with Gasteiger partial charge in [-0.1, -0.05) is 20.8 Å². The smallest absolute Gasteiger partial charge is 0.229 e. The molecule has 104 valence electrons. The van der Waals surface area contributed by atoms with Crippen molar-refractivity contribution in [1.82, 2.24) is 24.5 Å². The third-order valence-corrected chi connectivity index (χ3v) is 2.94. The Morgan fingerprint density at radius 2 is 2.05 bits per heavy atom. The van der Waals surface area contributed by atoms with E-state index in [1.54, 1.807) is 13.3 Å². The van der Waals surface area contributed by atoms with Crippen LogP contribution in [0.4, 0.5) is 0 Å². The van der Waals surface area contributed by atoms with Crippen molar-refractivity contribution in [3.05, 3.63) is 23.5 Å². The van der Waals surface area contributed by atoms with Gasteiger partial charge in [-0.25, -0.2) is 0 Å². The lowest BCUT2D eigenvalue weighted by molar-refractivity contribution is 0.183. The van der Waals surface area contributed by atoms with Gasteiger partial charge in [0.05, 0.1) is 25.0 Å². The molecule has 0 N–H and O–H groups in total. The van der Waals surface area contributed by atoms with Crippen LogP contribution in [0.15, 0.2) is 12.4 Å². The molecule has 0 radical (unpaired) electrons. The summed E-state index contributed by atoms with van der Waals surface area (Å²) in [6, 6.07) is 0. The summed E-state index contributed by atoms with van der Waals surface area (Å²) in [7, 11) is 1.67.